The molecule has 2 aromatic rings. The largest absolute Gasteiger partial charge is 0.382 e. The van der Waals surface area contributed by atoms with Crippen molar-refractivity contribution in [2.75, 3.05) is 38.8 Å². The maximum Gasteiger partial charge on any atom is 0.243 e. The zero-order valence-electron chi connectivity index (χ0n) is 12.1. The van der Waals surface area contributed by atoms with E-state index in [0.29, 0.717) is 19.2 Å². The van der Waals surface area contributed by atoms with E-state index in [4.69, 9.17) is 9.47 Å². The Labute approximate surface area is 119 Å². The number of unbranched alkanes of at least 4 members (excludes halogenated alkanes) is 1. The lowest BCUT2D eigenvalue weighted by atomic mass is 10.3. The molecule has 0 aromatic carbocycles. The summed E-state index contributed by atoms with van der Waals surface area (Å²) in [7, 11) is 1.68. The van der Waals surface area contributed by atoms with Crippen LogP contribution in [0.4, 0.5) is 5.95 Å². The Morgan fingerprint density at radius 2 is 2.15 bits per heavy atom. The molecule has 0 amide bonds. The summed E-state index contributed by atoms with van der Waals surface area (Å²) in [6.45, 7) is 4.97. The zero-order chi connectivity index (χ0) is 14.2. The SMILES string of the molecule is COCCOCCCCNc1nc2c(C)cccn2n1. The van der Waals surface area contributed by atoms with Crippen LogP contribution in [0.1, 0.15) is 18.4 Å². The number of ether oxygens (including phenoxy) is 2. The molecule has 0 spiro atoms. The summed E-state index contributed by atoms with van der Waals surface area (Å²) in [6.07, 6.45) is 3.95. The van der Waals surface area contributed by atoms with Crippen LogP contribution in [0.5, 0.6) is 0 Å². The number of nitrogens with one attached hydrogen (secondary N) is 1. The number of pyridine rings is 1. The Kier molecular flexibility index (Phi) is 5.76. The molecule has 0 saturated heterocycles. The molecule has 20 heavy (non-hydrogen) atoms. The molecule has 6 heteroatoms. The molecular weight excluding hydrogens is 256 g/mol. The molecule has 110 valence electrons. The molecule has 0 aliphatic carbocycles. The van der Waals surface area contributed by atoms with Crippen molar-refractivity contribution in [3.8, 4) is 0 Å². The first-order chi connectivity index (χ1) is 9.81. The number of hydrogen-bond donors (Lipinski definition) is 1. The van der Waals surface area contributed by atoms with Gasteiger partial charge >= 0.3 is 0 Å². The summed E-state index contributed by atoms with van der Waals surface area (Å²) >= 11 is 0. The van der Waals surface area contributed by atoms with Gasteiger partial charge in [0.1, 0.15) is 0 Å². The molecule has 0 radical (unpaired) electrons. The maximum atomic E-state index is 5.40. The van der Waals surface area contributed by atoms with Crippen LogP contribution in [0.25, 0.3) is 5.65 Å². The van der Waals surface area contributed by atoms with E-state index in [-0.39, 0.29) is 0 Å². The number of fused-ring (bicyclic) bond motifs is 1. The number of rotatable bonds is 9. The van der Waals surface area contributed by atoms with Crippen LogP contribution in [0.2, 0.25) is 0 Å². The Balaban J connectivity index is 1.67. The van der Waals surface area contributed by atoms with Gasteiger partial charge in [-0.3, -0.25) is 0 Å². The first-order valence-corrected chi connectivity index (χ1v) is 6.94. The monoisotopic (exact) mass is 278 g/mol. The number of hydrogen-bond acceptors (Lipinski definition) is 5. The van der Waals surface area contributed by atoms with Gasteiger partial charge < -0.3 is 14.8 Å². The molecule has 0 unspecified atom stereocenters. The third-order valence-corrected chi connectivity index (χ3v) is 2.99. The summed E-state index contributed by atoms with van der Waals surface area (Å²) < 4.78 is 12.1. The lowest BCUT2D eigenvalue weighted by Crippen LogP contribution is -2.07. The van der Waals surface area contributed by atoms with Crippen LogP contribution in [0.15, 0.2) is 18.3 Å². The van der Waals surface area contributed by atoms with Crippen molar-refractivity contribution in [1.29, 1.82) is 0 Å². The van der Waals surface area contributed by atoms with Gasteiger partial charge in [0.05, 0.1) is 13.2 Å². The van der Waals surface area contributed by atoms with Crippen molar-refractivity contribution in [3.05, 3.63) is 23.9 Å². The van der Waals surface area contributed by atoms with Gasteiger partial charge in [0.2, 0.25) is 5.95 Å². The highest BCUT2D eigenvalue weighted by Crippen LogP contribution is 2.09. The minimum absolute atomic E-state index is 0.656. The lowest BCUT2D eigenvalue weighted by Gasteiger charge is -2.03. The quantitative estimate of drug-likeness (QED) is 0.710. The first kappa shape index (κ1) is 14.7. The van der Waals surface area contributed by atoms with E-state index in [0.717, 1.165) is 37.2 Å². The van der Waals surface area contributed by atoms with Gasteiger partial charge in [-0.25, -0.2) is 4.52 Å². The number of methoxy groups -OCH3 is 1. The smallest absolute Gasteiger partial charge is 0.243 e. The zero-order valence-corrected chi connectivity index (χ0v) is 12.1. The topological polar surface area (TPSA) is 60.7 Å². The van der Waals surface area contributed by atoms with Crippen LogP contribution in [0.3, 0.4) is 0 Å². The Morgan fingerprint density at radius 3 is 2.95 bits per heavy atom. The summed E-state index contributed by atoms with van der Waals surface area (Å²) in [4.78, 5) is 4.46. The number of aryl methyl sites for hydroxylation is 1. The molecule has 0 saturated carbocycles. The highest BCUT2D eigenvalue weighted by Gasteiger charge is 2.04. The van der Waals surface area contributed by atoms with Gasteiger partial charge in [-0.2, -0.15) is 4.98 Å². The van der Waals surface area contributed by atoms with Gasteiger partial charge in [0.15, 0.2) is 5.65 Å². The highest BCUT2D eigenvalue weighted by atomic mass is 16.5. The molecule has 0 aliphatic heterocycles. The molecule has 0 atom stereocenters. The van der Waals surface area contributed by atoms with Crippen molar-refractivity contribution in [2.24, 2.45) is 0 Å². The fourth-order valence-electron chi connectivity index (χ4n) is 1.89. The highest BCUT2D eigenvalue weighted by molar-refractivity contribution is 5.49. The van der Waals surface area contributed by atoms with Crippen LogP contribution < -0.4 is 5.32 Å². The molecule has 2 aromatic heterocycles. The number of anilines is 1. The van der Waals surface area contributed by atoms with Crippen LogP contribution >= 0.6 is 0 Å². The molecule has 0 aliphatic rings. The van der Waals surface area contributed by atoms with Crippen molar-refractivity contribution >= 4 is 11.6 Å². The van der Waals surface area contributed by atoms with Gasteiger partial charge in [-0.05, 0) is 31.4 Å². The van der Waals surface area contributed by atoms with Crippen molar-refractivity contribution in [1.82, 2.24) is 14.6 Å². The normalized spacial score (nSPS) is 11.1. The van der Waals surface area contributed by atoms with E-state index >= 15 is 0 Å². The fourth-order valence-corrected chi connectivity index (χ4v) is 1.89. The second-order valence-corrected chi connectivity index (χ2v) is 4.63. The summed E-state index contributed by atoms with van der Waals surface area (Å²) in [5, 5.41) is 7.62. The van der Waals surface area contributed by atoms with Gasteiger partial charge in [0, 0.05) is 26.5 Å². The Bertz CT molecular complexity index is 527. The average Bonchev–Trinajstić information content (AvgIpc) is 2.86. The predicted octanol–water partition coefficient (Wildman–Crippen LogP) is 1.89. The van der Waals surface area contributed by atoms with Crippen molar-refractivity contribution in [3.63, 3.8) is 0 Å². The second-order valence-electron chi connectivity index (χ2n) is 4.63. The molecular formula is C14H22N4O2. The van der Waals surface area contributed by atoms with Crippen molar-refractivity contribution in [2.45, 2.75) is 19.8 Å². The van der Waals surface area contributed by atoms with E-state index in [9.17, 15) is 0 Å². The third-order valence-electron chi connectivity index (χ3n) is 2.99. The third kappa shape index (κ3) is 4.18. The minimum Gasteiger partial charge on any atom is -0.382 e. The Morgan fingerprint density at radius 1 is 1.25 bits per heavy atom. The van der Waals surface area contributed by atoms with Gasteiger partial charge in [-0.1, -0.05) is 6.07 Å². The summed E-state index contributed by atoms with van der Waals surface area (Å²) in [5.74, 6) is 0.680. The van der Waals surface area contributed by atoms with E-state index in [2.05, 4.69) is 15.4 Å². The van der Waals surface area contributed by atoms with Gasteiger partial charge in [0.25, 0.3) is 0 Å². The maximum absolute atomic E-state index is 5.40. The molecule has 0 bridgehead atoms. The predicted molar refractivity (Wildman–Crippen MR) is 78.1 cm³/mol. The number of aromatic nitrogens is 3. The standard InChI is InChI=1S/C14H22N4O2/c1-12-6-5-8-18-13(12)16-14(17-18)15-7-3-4-9-20-11-10-19-2/h5-6,8H,3-4,7,9-11H2,1-2H3,(H,15,17). The van der Waals surface area contributed by atoms with Crippen molar-refractivity contribution < 1.29 is 9.47 Å². The van der Waals surface area contributed by atoms with Gasteiger partial charge in [-0.15, -0.1) is 5.10 Å². The molecule has 0 fully saturated rings. The van der Waals surface area contributed by atoms with E-state index < -0.39 is 0 Å². The molecule has 2 heterocycles. The molecule has 6 nitrogen and oxygen atoms in total. The second kappa shape index (κ2) is 7.81. The fraction of sp³-hybridized carbons (Fsp3) is 0.571. The molecule has 1 N–H and O–H groups in total. The molecule has 2 rings (SSSR count). The van der Waals surface area contributed by atoms with E-state index in [1.54, 1.807) is 11.6 Å². The van der Waals surface area contributed by atoms with Crippen LogP contribution in [-0.4, -0.2) is 48.1 Å². The number of nitrogens with zero attached hydrogens (tertiary/aromatic N) is 3. The Hall–Kier alpha value is -1.66. The minimum atomic E-state index is 0.656. The van der Waals surface area contributed by atoms with Crippen LogP contribution in [-0.2, 0) is 9.47 Å². The lowest BCUT2D eigenvalue weighted by molar-refractivity contribution is 0.0691. The first-order valence-electron chi connectivity index (χ1n) is 6.94. The van der Waals surface area contributed by atoms with E-state index in [1.165, 1.54) is 0 Å². The summed E-state index contributed by atoms with van der Waals surface area (Å²) in [6, 6.07) is 4.00. The van der Waals surface area contributed by atoms with Crippen LogP contribution in [0, 0.1) is 6.92 Å². The van der Waals surface area contributed by atoms with E-state index in [1.807, 2.05) is 25.3 Å². The average molecular weight is 278 g/mol. The summed E-state index contributed by atoms with van der Waals surface area (Å²) in [5.41, 5.74) is 2.03.